The molecule has 0 spiro atoms. The summed E-state index contributed by atoms with van der Waals surface area (Å²) in [4.78, 5) is 13.3. The number of aromatic hydroxyl groups is 1. The summed E-state index contributed by atoms with van der Waals surface area (Å²) in [5.41, 5.74) is -0.664. The van der Waals surface area contributed by atoms with Gasteiger partial charge in [-0.2, -0.15) is 0 Å². The van der Waals surface area contributed by atoms with Crippen LogP contribution in [0.1, 0.15) is 47.5 Å². The van der Waals surface area contributed by atoms with Crippen LogP contribution in [-0.2, 0) is 4.74 Å². The van der Waals surface area contributed by atoms with Crippen LogP contribution in [0.2, 0.25) is 0 Å². The maximum absolute atomic E-state index is 13.3. The molecule has 4 atom stereocenters. The number of methoxy groups -OCH3 is 3. The molecule has 0 unspecified atom stereocenters. The van der Waals surface area contributed by atoms with Gasteiger partial charge in [0.1, 0.15) is 5.60 Å². The van der Waals surface area contributed by atoms with Gasteiger partial charge in [0.15, 0.2) is 29.1 Å². The summed E-state index contributed by atoms with van der Waals surface area (Å²) in [6, 6.07) is 11.5. The number of aliphatic hydroxyl groups is 2. The fourth-order valence-corrected chi connectivity index (χ4v) is 5.26. The lowest BCUT2D eigenvalue weighted by Crippen LogP contribution is -2.45. The van der Waals surface area contributed by atoms with E-state index in [9.17, 15) is 20.1 Å². The molecule has 0 bridgehead atoms. The first-order valence-electron chi connectivity index (χ1n) is 12.3. The van der Waals surface area contributed by atoms with Crippen LogP contribution in [0.5, 0.6) is 34.5 Å². The molecule has 0 amide bonds. The van der Waals surface area contributed by atoms with Gasteiger partial charge in [0, 0.05) is 22.6 Å². The maximum Gasteiger partial charge on any atom is 0.338 e. The minimum atomic E-state index is -1.82. The highest BCUT2D eigenvalue weighted by atomic mass is 16.7. The smallest absolute Gasteiger partial charge is 0.338 e. The van der Waals surface area contributed by atoms with Crippen LogP contribution in [0.25, 0.3) is 11.1 Å². The van der Waals surface area contributed by atoms with E-state index in [2.05, 4.69) is 0 Å². The Balaban J connectivity index is 1.87. The Morgan fingerprint density at radius 3 is 2.31 bits per heavy atom. The molecule has 1 aliphatic carbocycles. The molecule has 0 saturated carbocycles. The van der Waals surface area contributed by atoms with Crippen molar-refractivity contribution in [3.05, 3.63) is 59.2 Å². The van der Waals surface area contributed by atoms with Crippen molar-refractivity contribution >= 4 is 5.97 Å². The van der Waals surface area contributed by atoms with Crippen molar-refractivity contribution in [2.75, 3.05) is 28.1 Å². The number of ether oxygens (including phenoxy) is 6. The highest BCUT2D eigenvalue weighted by molar-refractivity contribution is 5.91. The van der Waals surface area contributed by atoms with Gasteiger partial charge in [0.25, 0.3) is 0 Å². The van der Waals surface area contributed by atoms with Gasteiger partial charge in [-0.05, 0) is 36.8 Å². The van der Waals surface area contributed by atoms with Gasteiger partial charge in [-0.3, -0.25) is 0 Å². The first-order chi connectivity index (χ1) is 18.6. The summed E-state index contributed by atoms with van der Waals surface area (Å²) in [6.07, 6.45) is -2.68. The second-order valence-electron chi connectivity index (χ2n) is 9.64. The monoisotopic (exact) mass is 538 g/mol. The predicted molar refractivity (Wildman–Crippen MR) is 139 cm³/mol. The van der Waals surface area contributed by atoms with E-state index in [1.54, 1.807) is 43.3 Å². The number of hydrogen-bond acceptors (Lipinski definition) is 10. The third kappa shape index (κ3) is 4.07. The molecule has 3 aromatic carbocycles. The van der Waals surface area contributed by atoms with Gasteiger partial charge in [-0.1, -0.05) is 25.1 Å². The van der Waals surface area contributed by atoms with Gasteiger partial charge < -0.3 is 43.7 Å². The molecule has 0 fully saturated rings. The lowest BCUT2D eigenvalue weighted by molar-refractivity contribution is -0.133. The van der Waals surface area contributed by atoms with Gasteiger partial charge in [-0.15, -0.1) is 0 Å². The van der Waals surface area contributed by atoms with Gasteiger partial charge in [0.05, 0.1) is 33.0 Å². The second kappa shape index (κ2) is 9.87. The summed E-state index contributed by atoms with van der Waals surface area (Å²) in [7, 11) is 4.19. The number of rotatable bonds is 5. The zero-order valence-corrected chi connectivity index (χ0v) is 22.2. The van der Waals surface area contributed by atoms with Crippen molar-refractivity contribution in [3.63, 3.8) is 0 Å². The molecule has 2 aliphatic rings. The van der Waals surface area contributed by atoms with Crippen molar-refractivity contribution in [1.82, 2.24) is 0 Å². The molecule has 3 N–H and O–H groups in total. The SMILES string of the molecule is COc1cc2c(c(O)c1OC)-c1c(cc3c(c1OC)OCO3)[C@H](OC(=O)c1ccccc1)[C@@](C)(O)[C@H](C)[C@H]2O. The number of phenolic OH excluding ortho intramolecular Hbond substituents is 1. The Hall–Kier alpha value is -4.15. The van der Waals surface area contributed by atoms with E-state index in [0.717, 1.165) is 0 Å². The second-order valence-corrected chi connectivity index (χ2v) is 9.64. The van der Waals surface area contributed by atoms with Crippen LogP contribution in [0.15, 0.2) is 42.5 Å². The molecule has 1 heterocycles. The van der Waals surface area contributed by atoms with Crippen LogP contribution in [0.3, 0.4) is 0 Å². The minimum absolute atomic E-state index is 0.0203. The molecular formula is C29H30O10. The number of fused-ring (bicyclic) bond motifs is 4. The Labute approximate surface area is 225 Å². The largest absolute Gasteiger partial charge is 0.504 e. The van der Waals surface area contributed by atoms with Gasteiger partial charge in [0.2, 0.25) is 18.3 Å². The third-order valence-corrected chi connectivity index (χ3v) is 7.54. The lowest BCUT2D eigenvalue weighted by Gasteiger charge is -2.42. The van der Waals surface area contributed by atoms with E-state index in [1.807, 2.05) is 0 Å². The molecular weight excluding hydrogens is 508 g/mol. The van der Waals surface area contributed by atoms with Crippen LogP contribution >= 0.6 is 0 Å². The molecule has 0 saturated heterocycles. The molecule has 5 rings (SSSR count). The van der Waals surface area contributed by atoms with Crippen molar-refractivity contribution in [2.24, 2.45) is 5.92 Å². The lowest BCUT2D eigenvalue weighted by atomic mass is 9.71. The highest BCUT2D eigenvalue weighted by Crippen LogP contribution is 2.60. The van der Waals surface area contributed by atoms with Crippen molar-refractivity contribution in [3.8, 4) is 45.6 Å². The molecule has 206 valence electrons. The number of hydrogen-bond donors (Lipinski definition) is 3. The number of esters is 1. The zero-order valence-electron chi connectivity index (χ0n) is 22.2. The number of phenols is 1. The number of aliphatic hydroxyl groups excluding tert-OH is 1. The maximum atomic E-state index is 13.3. The first-order valence-corrected chi connectivity index (χ1v) is 12.3. The third-order valence-electron chi connectivity index (χ3n) is 7.54. The van der Waals surface area contributed by atoms with Crippen LogP contribution in [0, 0.1) is 5.92 Å². The van der Waals surface area contributed by atoms with Gasteiger partial charge in [-0.25, -0.2) is 4.79 Å². The average molecular weight is 539 g/mol. The Bertz CT molecular complexity index is 1420. The molecule has 3 aromatic rings. The van der Waals surface area contributed by atoms with E-state index in [4.69, 9.17) is 28.4 Å². The normalized spacial score (nSPS) is 23.1. The topological polar surface area (TPSA) is 133 Å². The number of benzene rings is 3. The first kappa shape index (κ1) is 26.5. The Kier molecular flexibility index (Phi) is 6.69. The van der Waals surface area contributed by atoms with E-state index in [0.29, 0.717) is 5.75 Å². The zero-order chi connectivity index (χ0) is 28.1. The van der Waals surface area contributed by atoms with Crippen LogP contribution in [-0.4, -0.2) is 55.0 Å². The number of carbonyl (C=O) groups excluding carboxylic acids is 1. The Morgan fingerprint density at radius 1 is 0.974 bits per heavy atom. The molecule has 1 aliphatic heterocycles. The fraction of sp³-hybridized carbons (Fsp3) is 0.345. The molecule has 39 heavy (non-hydrogen) atoms. The molecule has 10 nitrogen and oxygen atoms in total. The van der Waals surface area contributed by atoms with Gasteiger partial charge >= 0.3 is 5.97 Å². The standard InChI is InChI=1S/C29H30O10/c1-14-22(30)16-11-18(34-3)24(35-4)23(31)20(16)21-17(12-19-25(26(21)36-5)38-13-37-19)27(29(14,2)33)39-28(32)15-9-7-6-8-10-15/h6-12,14,22,27,30-31,33H,13H2,1-5H3/t14-,22-,27+,29+/m1/s1. The van der Waals surface area contributed by atoms with Crippen LogP contribution in [0.4, 0.5) is 0 Å². The summed E-state index contributed by atoms with van der Waals surface area (Å²) < 4.78 is 34.0. The predicted octanol–water partition coefficient (Wildman–Crippen LogP) is 4.15. The van der Waals surface area contributed by atoms with E-state index >= 15 is 0 Å². The van der Waals surface area contributed by atoms with Crippen molar-refractivity contribution < 1.29 is 48.5 Å². The quantitative estimate of drug-likeness (QED) is 0.407. The highest BCUT2D eigenvalue weighted by Gasteiger charge is 2.50. The summed E-state index contributed by atoms with van der Waals surface area (Å²) >= 11 is 0. The summed E-state index contributed by atoms with van der Waals surface area (Å²) in [5, 5.41) is 35.2. The summed E-state index contributed by atoms with van der Waals surface area (Å²) in [6.45, 7) is 3.01. The van der Waals surface area contributed by atoms with E-state index in [-0.39, 0.29) is 63.4 Å². The Morgan fingerprint density at radius 2 is 1.67 bits per heavy atom. The van der Waals surface area contributed by atoms with E-state index < -0.39 is 29.7 Å². The van der Waals surface area contributed by atoms with Crippen molar-refractivity contribution in [2.45, 2.75) is 31.7 Å². The molecule has 10 heteroatoms. The van der Waals surface area contributed by atoms with Crippen molar-refractivity contribution in [1.29, 1.82) is 0 Å². The number of carbonyl (C=O) groups is 1. The molecule has 0 aromatic heterocycles. The van der Waals surface area contributed by atoms with Crippen LogP contribution < -0.4 is 23.7 Å². The summed E-state index contributed by atoms with van der Waals surface area (Å²) in [5.74, 6) is -1.03. The fourth-order valence-electron chi connectivity index (χ4n) is 5.26. The van der Waals surface area contributed by atoms with E-state index in [1.165, 1.54) is 34.3 Å². The average Bonchev–Trinajstić information content (AvgIpc) is 3.42. The molecule has 0 radical (unpaired) electrons. The minimum Gasteiger partial charge on any atom is -0.504 e.